The van der Waals surface area contributed by atoms with E-state index in [0.717, 1.165) is 9.86 Å². The van der Waals surface area contributed by atoms with E-state index in [2.05, 4.69) is 27.6 Å². The second kappa shape index (κ2) is 10.5. The van der Waals surface area contributed by atoms with Crippen molar-refractivity contribution < 1.29 is 18.7 Å². The van der Waals surface area contributed by atoms with Crippen molar-refractivity contribution in [2.45, 2.75) is 13.3 Å². The molecule has 190 valence electrons. The third kappa shape index (κ3) is 4.88. The number of rotatable bonds is 7. The Labute approximate surface area is 226 Å². The van der Waals surface area contributed by atoms with Crippen LogP contribution in [0.15, 0.2) is 92.1 Å². The first-order valence-electron chi connectivity index (χ1n) is 11.6. The lowest BCUT2D eigenvalue weighted by molar-refractivity contribution is -0.132. The van der Waals surface area contributed by atoms with Crippen LogP contribution in [-0.4, -0.2) is 29.0 Å². The first kappa shape index (κ1) is 25.2. The molecule has 5 rings (SSSR count). The van der Waals surface area contributed by atoms with E-state index in [9.17, 15) is 9.59 Å². The number of allylic oxidation sites excluding steroid dienone is 1. The van der Waals surface area contributed by atoms with Crippen LogP contribution in [0.3, 0.4) is 0 Å². The molecule has 0 saturated heterocycles. The van der Waals surface area contributed by atoms with Crippen molar-refractivity contribution in [1.82, 2.24) is 9.66 Å². The normalized spacial score (nSPS) is 11.3. The fourth-order valence-corrected chi connectivity index (χ4v) is 4.49. The molecule has 0 spiro atoms. The molecule has 0 N–H and O–H groups in total. The Kier molecular flexibility index (Phi) is 6.93. The van der Waals surface area contributed by atoms with Crippen LogP contribution in [-0.2, 0) is 11.2 Å². The highest BCUT2D eigenvalue weighted by molar-refractivity contribution is 9.10. The van der Waals surface area contributed by atoms with Gasteiger partial charge in [0, 0.05) is 22.3 Å². The van der Waals surface area contributed by atoms with Gasteiger partial charge < -0.3 is 13.9 Å². The first-order chi connectivity index (χ1) is 18.4. The van der Waals surface area contributed by atoms with Crippen LogP contribution >= 0.6 is 15.9 Å². The van der Waals surface area contributed by atoms with Gasteiger partial charge in [0.15, 0.2) is 17.3 Å². The van der Waals surface area contributed by atoms with Gasteiger partial charge in [-0.1, -0.05) is 34.1 Å². The molecule has 38 heavy (non-hydrogen) atoms. The molecule has 0 fully saturated rings. The van der Waals surface area contributed by atoms with E-state index >= 15 is 0 Å². The molecule has 8 nitrogen and oxygen atoms in total. The van der Waals surface area contributed by atoms with Crippen molar-refractivity contribution in [2.24, 2.45) is 5.10 Å². The fraction of sp³-hybridized carbons (Fsp3) is 0.103. The van der Waals surface area contributed by atoms with Crippen molar-refractivity contribution >= 4 is 50.0 Å². The predicted molar refractivity (Wildman–Crippen MR) is 150 cm³/mol. The number of hydrogen-bond donors (Lipinski definition) is 0. The summed E-state index contributed by atoms with van der Waals surface area (Å²) in [6.07, 6.45) is 3.64. The van der Waals surface area contributed by atoms with E-state index in [1.165, 1.54) is 24.9 Å². The van der Waals surface area contributed by atoms with Crippen molar-refractivity contribution in [3.05, 3.63) is 99.3 Å². The molecule has 0 aliphatic rings. The molecule has 0 radical (unpaired) electrons. The lowest BCUT2D eigenvalue weighted by Gasteiger charge is -2.13. The summed E-state index contributed by atoms with van der Waals surface area (Å²) in [7, 11) is 1.48. The number of fused-ring (bicyclic) bond motifs is 2. The van der Waals surface area contributed by atoms with Crippen molar-refractivity contribution in [2.75, 3.05) is 7.11 Å². The van der Waals surface area contributed by atoms with Crippen LogP contribution in [0.1, 0.15) is 18.1 Å². The highest BCUT2D eigenvalue weighted by Gasteiger charge is 2.18. The molecular formula is C29H22BrN3O5. The molecule has 0 aliphatic heterocycles. The van der Waals surface area contributed by atoms with Gasteiger partial charge in [-0.05, 0) is 60.5 Å². The number of carbonyl (C=O) groups excluding carboxylic acids is 1. The number of hydrogen-bond acceptors (Lipinski definition) is 7. The number of para-hydroxylation sites is 1. The second-order valence-corrected chi connectivity index (χ2v) is 9.32. The fourth-order valence-electron chi connectivity index (χ4n) is 4.12. The minimum absolute atomic E-state index is 0.257. The third-order valence-corrected chi connectivity index (χ3v) is 6.25. The molecule has 2 aromatic heterocycles. The van der Waals surface area contributed by atoms with E-state index in [1.807, 2.05) is 30.3 Å². The standard InChI is InChI=1S/C29H22BrN3O5/c1-4-7-19-12-18(13-25(36-3)27(19)37-17(2)34)16-31-33-28(32-23-9-6-5-8-22(23)29(33)35)26-15-20-14-21(30)10-11-24(20)38-26/h4-6,8-16H,1,7H2,2-3H3. The monoisotopic (exact) mass is 571 g/mol. The van der Waals surface area contributed by atoms with Crippen LogP contribution in [0.5, 0.6) is 11.5 Å². The maximum absolute atomic E-state index is 13.5. The molecular weight excluding hydrogens is 550 g/mol. The molecule has 0 saturated carbocycles. The zero-order chi connectivity index (χ0) is 26.8. The number of esters is 1. The number of methoxy groups -OCH3 is 1. The smallest absolute Gasteiger partial charge is 0.308 e. The minimum atomic E-state index is -0.466. The summed E-state index contributed by atoms with van der Waals surface area (Å²) < 4.78 is 19.0. The number of furan rings is 1. The summed E-state index contributed by atoms with van der Waals surface area (Å²) in [5.74, 6) is 0.857. The lowest BCUT2D eigenvalue weighted by Crippen LogP contribution is -2.20. The number of halogens is 1. The maximum Gasteiger partial charge on any atom is 0.308 e. The Balaban J connectivity index is 1.68. The maximum atomic E-state index is 13.5. The molecule has 0 atom stereocenters. The lowest BCUT2D eigenvalue weighted by atomic mass is 10.1. The number of benzene rings is 3. The Morgan fingerprint density at radius 3 is 2.76 bits per heavy atom. The van der Waals surface area contributed by atoms with Crippen molar-refractivity contribution in [3.63, 3.8) is 0 Å². The van der Waals surface area contributed by atoms with Gasteiger partial charge in [-0.2, -0.15) is 9.78 Å². The van der Waals surface area contributed by atoms with Crippen LogP contribution in [0.4, 0.5) is 0 Å². The Morgan fingerprint density at radius 1 is 1.18 bits per heavy atom. The van der Waals surface area contributed by atoms with Crippen LogP contribution in [0.25, 0.3) is 33.5 Å². The van der Waals surface area contributed by atoms with E-state index in [1.54, 1.807) is 36.4 Å². The van der Waals surface area contributed by atoms with Gasteiger partial charge in [-0.15, -0.1) is 6.58 Å². The first-order valence-corrected chi connectivity index (χ1v) is 12.4. The van der Waals surface area contributed by atoms with Crippen LogP contribution < -0.4 is 15.0 Å². The van der Waals surface area contributed by atoms with E-state index in [0.29, 0.717) is 51.3 Å². The summed E-state index contributed by atoms with van der Waals surface area (Å²) in [5.41, 5.74) is 2.14. The van der Waals surface area contributed by atoms with E-state index < -0.39 is 5.97 Å². The van der Waals surface area contributed by atoms with Gasteiger partial charge in [0.05, 0.1) is 24.2 Å². The van der Waals surface area contributed by atoms with E-state index in [4.69, 9.17) is 18.9 Å². The highest BCUT2D eigenvalue weighted by Crippen LogP contribution is 2.34. The van der Waals surface area contributed by atoms with Crippen molar-refractivity contribution in [1.29, 1.82) is 0 Å². The van der Waals surface area contributed by atoms with E-state index in [-0.39, 0.29) is 11.4 Å². The van der Waals surface area contributed by atoms with Gasteiger partial charge >= 0.3 is 5.97 Å². The predicted octanol–water partition coefficient (Wildman–Crippen LogP) is 6.12. The molecule has 3 aromatic carbocycles. The average molecular weight is 572 g/mol. The molecule has 0 aliphatic carbocycles. The Hall–Kier alpha value is -4.50. The Bertz CT molecular complexity index is 1800. The molecule has 0 unspecified atom stereocenters. The van der Waals surface area contributed by atoms with Gasteiger partial charge in [0.2, 0.25) is 5.82 Å². The Morgan fingerprint density at radius 2 is 2.00 bits per heavy atom. The summed E-state index contributed by atoms with van der Waals surface area (Å²) in [6.45, 7) is 5.11. The highest BCUT2D eigenvalue weighted by atomic mass is 79.9. The molecule has 5 aromatic rings. The van der Waals surface area contributed by atoms with Gasteiger partial charge in [-0.25, -0.2) is 4.98 Å². The number of carbonyl (C=O) groups is 1. The summed E-state index contributed by atoms with van der Waals surface area (Å²) in [6, 6.07) is 18.0. The number of ether oxygens (including phenoxy) is 2. The molecule has 2 heterocycles. The van der Waals surface area contributed by atoms with Crippen molar-refractivity contribution in [3.8, 4) is 23.1 Å². The van der Waals surface area contributed by atoms with Gasteiger partial charge in [0.1, 0.15) is 5.58 Å². The summed E-state index contributed by atoms with van der Waals surface area (Å²) in [4.78, 5) is 29.9. The SMILES string of the molecule is C=CCc1cc(C=Nn2c(-c3cc4cc(Br)ccc4o3)nc3ccccc3c2=O)cc(OC)c1OC(C)=O. The summed E-state index contributed by atoms with van der Waals surface area (Å²) in [5, 5.41) is 5.79. The molecule has 0 amide bonds. The largest absolute Gasteiger partial charge is 0.493 e. The zero-order valence-electron chi connectivity index (χ0n) is 20.6. The molecule has 0 bridgehead atoms. The number of aromatic nitrogens is 2. The summed E-state index contributed by atoms with van der Waals surface area (Å²) >= 11 is 3.47. The van der Waals surface area contributed by atoms with Gasteiger partial charge in [-0.3, -0.25) is 9.59 Å². The quantitative estimate of drug-likeness (QED) is 0.101. The van der Waals surface area contributed by atoms with Gasteiger partial charge in [0.25, 0.3) is 5.56 Å². The topological polar surface area (TPSA) is 95.9 Å². The average Bonchev–Trinajstić information content (AvgIpc) is 3.32. The number of nitrogens with zero attached hydrogens (tertiary/aromatic N) is 3. The third-order valence-electron chi connectivity index (χ3n) is 5.76. The van der Waals surface area contributed by atoms with Crippen LogP contribution in [0.2, 0.25) is 0 Å². The van der Waals surface area contributed by atoms with Crippen LogP contribution in [0, 0.1) is 0 Å². The minimum Gasteiger partial charge on any atom is -0.493 e. The zero-order valence-corrected chi connectivity index (χ0v) is 22.2. The second-order valence-electron chi connectivity index (χ2n) is 8.40. The molecule has 9 heteroatoms.